The molecule has 6 nitrogen and oxygen atoms in total. The van der Waals surface area contributed by atoms with E-state index in [1.807, 2.05) is 38.1 Å². The quantitative estimate of drug-likeness (QED) is 0.654. The zero-order valence-electron chi connectivity index (χ0n) is 16.8. The molecule has 0 amide bonds. The van der Waals surface area contributed by atoms with E-state index < -0.39 is 5.97 Å². The van der Waals surface area contributed by atoms with Crippen LogP contribution in [-0.2, 0) is 4.74 Å². The molecule has 1 aliphatic rings. The summed E-state index contributed by atoms with van der Waals surface area (Å²) in [7, 11) is 1.36. The first-order chi connectivity index (χ1) is 14.0. The van der Waals surface area contributed by atoms with Crippen LogP contribution in [0.1, 0.15) is 40.9 Å². The minimum atomic E-state index is -0.402. The zero-order chi connectivity index (χ0) is 20.5. The second-order valence-corrected chi connectivity index (χ2v) is 7.42. The molecule has 2 aromatic carbocycles. The molecule has 29 heavy (non-hydrogen) atoms. The van der Waals surface area contributed by atoms with Crippen molar-refractivity contribution in [2.75, 3.05) is 30.4 Å². The Hall–Kier alpha value is -3.28. The van der Waals surface area contributed by atoms with E-state index >= 15 is 0 Å². The van der Waals surface area contributed by atoms with Gasteiger partial charge in [0.1, 0.15) is 5.58 Å². The highest BCUT2D eigenvalue weighted by Gasteiger charge is 2.21. The SMILES string of the molecule is COC(=O)c1ccccc1NC(C)c1cc(C)cc2c(=O)cc(N3CCC3)oc12. The lowest BCUT2D eigenvalue weighted by molar-refractivity contribution is 0.0602. The smallest absolute Gasteiger partial charge is 0.339 e. The minimum absolute atomic E-state index is 0.0414. The van der Waals surface area contributed by atoms with Crippen LogP contribution in [-0.4, -0.2) is 26.2 Å². The molecule has 1 N–H and O–H groups in total. The van der Waals surface area contributed by atoms with Crippen molar-refractivity contribution >= 4 is 28.5 Å². The Morgan fingerprint density at radius 2 is 1.97 bits per heavy atom. The maximum Gasteiger partial charge on any atom is 0.339 e. The van der Waals surface area contributed by atoms with Crippen LogP contribution in [0, 0.1) is 6.92 Å². The van der Waals surface area contributed by atoms with E-state index in [0.29, 0.717) is 28.1 Å². The molecule has 4 rings (SSSR count). The van der Waals surface area contributed by atoms with Gasteiger partial charge in [-0.05, 0) is 44.0 Å². The predicted octanol–water partition coefficient (Wildman–Crippen LogP) is 4.27. The molecule has 1 atom stereocenters. The lowest BCUT2D eigenvalue weighted by Crippen LogP contribution is -2.37. The fourth-order valence-electron chi connectivity index (χ4n) is 3.64. The number of rotatable bonds is 5. The molecule has 0 radical (unpaired) electrons. The predicted molar refractivity (Wildman–Crippen MR) is 114 cm³/mol. The van der Waals surface area contributed by atoms with Gasteiger partial charge in [0.15, 0.2) is 11.3 Å². The van der Waals surface area contributed by atoms with E-state index in [1.54, 1.807) is 18.2 Å². The average molecular weight is 392 g/mol. The van der Waals surface area contributed by atoms with Gasteiger partial charge in [0.05, 0.1) is 24.1 Å². The van der Waals surface area contributed by atoms with Crippen molar-refractivity contribution in [3.8, 4) is 0 Å². The van der Waals surface area contributed by atoms with Gasteiger partial charge >= 0.3 is 5.97 Å². The highest BCUT2D eigenvalue weighted by atomic mass is 16.5. The molecule has 1 saturated heterocycles. The van der Waals surface area contributed by atoms with Gasteiger partial charge in [-0.15, -0.1) is 0 Å². The number of esters is 1. The van der Waals surface area contributed by atoms with E-state index in [-0.39, 0.29) is 11.5 Å². The molecule has 1 unspecified atom stereocenters. The summed E-state index contributed by atoms with van der Waals surface area (Å²) in [6, 6.07) is 12.5. The van der Waals surface area contributed by atoms with Gasteiger partial charge in [-0.25, -0.2) is 4.79 Å². The number of fused-ring (bicyclic) bond motifs is 1. The van der Waals surface area contributed by atoms with Gasteiger partial charge < -0.3 is 19.4 Å². The molecule has 150 valence electrons. The van der Waals surface area contributed by atoms with Gasteiger partial charge in [0.2, 0.25) is 0 Å². The summed E-state index contributed by atoms with van der Waals surface area (Å²) >= 11 is 0. The molecule has 0 aliphatic carbocycles. The number of benzene rings is 2. The molecular weight excluding hydrogens is 368 g/mol. The van der Waals surface area contributed by atoms with Gasteiger partial charge in [-0.1, -0.05) is 18.2 Å². The fourth-order valence-corrected chi connectivity index (χ4v) is 3.64. The first-order valence-electron chi connectivity index (χ1n) is 9.75. The fraction of sp³-hybridized carbons (Fsp3) is 0.304. The maximum absolute atomic E-state index is 12.7. The highest BCUT2D eigenvalue weighted by molar-refractivity contribution is 5.95. The lowest BCUT2D eigenvalue weighted by Gasteiger charge is -2.31. The van der Waals surface area contributed by atoms with Crippen molar-refractivity contribution in [3.63, 3.8) is 0 Å². The average Bonchev–Trinajstić information content (AvgIpc) is 2.66. The van der Waals surface area contributed by atoms with Crippen molar-refractivity contribution in [1.29, 1.82) is 0 Å². The van der Waals surface area contributed by atoms with Crippen molar-refractivity contribution in [2.24, 2.45) is 0 Å². The normalized spacial score (nSPS) is 14.4. The number of anilines is 2. The van der Waals surface area contributed by atoms with E-state index in [1.165, 1.54) is 7.11 Å². The number of para-hydroxylation sites is 1. The first kappa shape index (κ1) is 19.1. The van der Waals surface area contributed by atoms with Crippen LogP contribution in [0.15, 0.2) is 51.7 Å². The summed E-state index contributed by atoms with van der Waals surface area (Å²) in [6.07, 6.45) is 1.10. The van der Waals surface area contributed by atoms with Crippen LogP contribution in [0.4, 0.5) is 11.6 Å². The number of methoxy groups -OCH3 is 1. The van der Waals surface area contributed by atoms with Crippen molar-refractivity contribution < 1.29 is 13.9 Å². The lowest BCUT2D eigenvalue weighted by atomic mass is 10.0. The van der Waals surface area contributed by atoms with Crippen LogP contribution < -0.4 is 15.6 Å². The number of carbonyl (C=O) groups is 1. The molecule has 0 spiro atoms. The van der Waals surface area contributed by atoms with Crippen LogP contribution in [0.5, 0.6) is 0 Å². The van der Waals surface area contributed by atoms with Gasteiger partial charge in [0, 0.05) is 30.4 Å². The third kappa shape index (κ3) is 3.58. The Labute approximate surface area is 169 Å². The Morgan fingerprint density at radius 1 is 1.21 bits per heavy atom. The summed E-state index contributed by atoms with van der Waals surface area (Å²) < 4.78 is 11.1. The molecule has 6 heteroatoms. The standard InChI is InChI=1S/C23H24N2O4/c1-14-11-17(15(2)24-19-8-5-4-7-16(19)23(27)28-3)22-18(12-14)20(26)13-21(29-22)25-9-6-10-25/h4-5,7-8,11-13,15,24H,6,9-10H2,1-3H3. The number of nitrogens with zero attached hydrogens (tertiary/aromatic N) is 1. The highest BCUT2D eigenvalue weighted by Crippen LogP contribution is 2.31. The van der Waals surface area contributed by atoms with E-state index in [2.05, 4.69) is 10.2 Å². The number of ether oxygens (including phenoxy) is 1. The number of nitrogens with one attached hydrogen (secondary N) is 1. The molecule has 2 heterocycles. The summed E-state index contributed by atoms with van der Waals surface area (Å²) in [6.45, 7) is 5.74. The van der Waals surface area contributed by atoms with Crippen LogP contribution in [0.3, 0.4) is 0 Å². The second-order valence-electron chi connectivity index (χ2n) is 7.42. The van der Waals surface area contributed by atoms with Gasteiger partial charge in [-0.3, -0.25) is 4.79 Å². The Bertz CT molecular complexity index is 1130. The third-order valence-corrected chi connectivity index (χ3v) is 5.33. The van der Waals surface area contributed by atoms with Crippen LogP contribution >= 0.6 is 0 Å². The number of hydrogen-bond donors (Lipinski definition) is 1. The van der Waals surface area contributed by atoms with E-state index in [9.17, 15) is 9.59 Å². The Morgan fingerprint density at radius 3 is 2.66 bits per heavy atom. The topological polar surface area (TPSA) is 71.8 Å². The maximum atomic E-state index is 12.7. The summed E-state index contributed by atoms with van der Waals surface area (Å²) in [4.78, 5) is 26.9. The minimum Gasteiger partial charge on any atom is -0.465 e. The summed E-state index contributed by atoms with van der Waals surface area (Å²) in [5, 5.41) is 3.95. The molecule has 0 bridgehead atoms. The number of carbonyl (C=O) groups excluding carboxylic acids is 1. The van der Waals surface area contributed by atoms with Crippen LogP contribution in [0.25, 0.3) is 11.0 Å². The third-order valence-electron chi connectivity index (χ3n) is 5.33. The molecule has 1 fully saturated rings. The van der Waals surface area contributed by atoms with E-state index in [0.717, 1.165) is 30.6 Å². The number of hydrogen-bond acceptors (Lipinski definition) is 6. The van der Waals surface area contributed by atoms with E-state index in [4.69, 9.17) is 9.15 Å². The monoisotopic (exact) mass is 392 g/mol. The summed E-state index contributed by atoms with van der Waals surface area (Å²) in [5.74, 6) is 0.210. The zero-order valence-corrected chi connectivity index (χ0v) is 16.8. The van der Waals surface area contributed by atoms with Gasteiger partial charge in [0.25, 0.3) is 0 Å². The second kappa shape index (κ2) is 7.62. The largest absolute Gasteiger partial charge is 0.465 e. The first-order valence-corrected chi connectivity index (χ1v) is 9.75. The molecule has 0 saturated carbocycles. The Kier molecular flexibility index (Phi) is 5.01. The molecular formula is C23H24N2O4. The van der Waals surface area contributed by atoms with Crippen LogP contribution in [0.2, 0.25) is 0 Å². The van der Waals surface area contributed by atoms with Gasteiger partial charge in [-0.2, -0.15) is 0 Å². The Balaban J connectivity index is 1.78. The molecule has 1 aliphatic heterocycles. The van der Waals surface area contributed by atoms with Crippen molar-refractivity contribution in [2.45, 2.75) is 26.3 Å². The van der Waals surface area contributed by atoms with Crippen molar-refractivity contribution in [3.05, 3.63) is 69.4 Å². The molecule has 3 aromatic rings. The number of aryl methyl sites for hydroxylation is 1. The van der Waals surface area contributed by atoms with Crippen molar-refractivity contribution in [1.82, 2.24) is 0 Å². The molecule has 1 aromatic heterocycles. The summed E-state index contributed by atoms with van der Waals surface area (Å²) in [5.41, 5.74) is 3.52.